The Hall–Kier alpha value is -1.10. The molecule has 2 N–H and O–H groups in total. The van der Waals surface area contributed by atoms with E-state index in [1.54, 1.807) is 24.3 Å². The van der Waals surface area contributed by atoms with E-state index < -0.39 is 0 Å². The van der Waals surface area contributed by atoms with E-state index in [1.807, 2.05) is 14.0 Å². The monoisotopic (exact) mass is 318 g/mol. The fourth-order valence-corrected chi connectivity index (χ4v) is 1.59. The number of halogens is 2. The van der Waals surface area contributed by atoms with Gasteiger partial charge < -0.3 is 10.6 Å². The van der Waals surface area contributed by atoms with E-state index in [-0.39, 0.29) is 43.0 Å². The largest absolute Gasteiger partial charge is 0.355 e. The summed E-state index contributed by atoms with van der Waals surface area (Å²) in [6.45, 7) is 2.53. The van der Waals surface area contributed by atoms with Gasteiger partial charge in [-0.1, -0.05) is 11.6 Å². The summed E-state index contributed by atoms with van der Waals surface area (Å²) in [4.78, 5) is 23.4. The second kappa shape index (κ2) is 9.75. The van der Waals surface area contributed by atoms with Gasteiger partial charge in [0.15, 0.2) is 5.78 Å². The molecule has 1 aromatic carbocycles. The van der Waals surface area contributed by atoms with Gasteiger partial charge in [0.25, 0.3) is 0 Å². The molecule has 0 aliphatic carbocycles. The average molecular weight is 319 g/mol. The Morgan fingerprint density at radius 3 is 2.35 bits per heavy atom. The van der Waals surface area contributed by atoms with Gasteiger partial charge in [-0.2, -0.15) is 0 Å². The molecule has 0 spiro atoms. The molecule has 0 radical (unpaired) electrons. The van der Waals surface area contributed by atoms with E-state index in [0.717, 1.165) is 0 Å². The van der Waals surface area contributed by atoms with E-state index >= 15 is 0 Å². The molecule has 0 bridgehead atoms. The number of hydrogen-bond acceptors (Lipinski definition) is 3. The molecule has 0 aromatic heterocycles. The zero-order valence-corrected chi connectivity index (χ0v) is 13.2. The zero-order chi connectivity index (χ0) is 14.3. The third kappa shape index (κ3) is 6.89. The number of Topliss-reactive ketones (excluding diaryl/α,β-unsaturated/α-hetero) is 1. The number of benzene rings is 1. The van der Waals surface area contributed by atoms with Crippen LogP contribution < -0.4 is 10.6 Å². The lowest BCUT2D eigenvalue weighted by Crippen LogP contribution is -2.37. The van der Waals surface area contributed by atoms with Crippen molar-refractivity contribution in [2.24, 2.45) is 0 Å². The topological polar surface area (TPSA) is 58.2 Å². The third-order valence-corrected chi connectivity index (χ3v) is 3.10. The van der Waals surface area contributed by atoms with Crippen LogP contribution in [0.25, 0.3) is 0 Å². The van der Waals surface area contributed by atoms with Gasteiger partial charge in [-0.05, 0) is 38.2 Å². The summed E-state index contributed by atoms with van der Waals surface area (Å²) in [5.41, 5.74) is 0.584. The van der Waals surface area contributed by atoms with Crippen molar-refractivity contribution in [2.45, 2.75) is 25.8 Å². The fourth-order valence-electron chi connectivity index (χ4n) is 1.46. The minimum absolute atomic E-state index is 0. The minimum Gasteiger partial charge on any atom is -0.355 e. The Balaban J connectivity index is 0.00000361. The summed E-state index contributed by atoms with van der Waals surface area (Å²) in [7, 11) is 1.83. The van der Waals surface area contributed by atoms with Crippen LogP contribution >= 0.6 is 24.0 Å². The summed E-state index contributed by atoms with van der Waals surface area (Å²) >= 11 is 5.75. The molecule has 1 amide bonds. The number of amides is 1. The first-order valence-corrected chi connectivity index (χ1v) is 6.63. The molecule has 1 aromatic rings. The Labute approximate surface area is 130 Å². The molecular formula is C14H20Cl2N2O2. The molecule has 20 heavy (non-hydrogen) atoms. The molecule has 0 saturated heterocycles. The van der Waals surface area contributed by atoms with Crippen molar-refractivity contribution in [3.63, 3.8) is 0 Å². The van der Waals surface area contributed by atoms with Crippen LogP contribution in [-0.4, -0.2) is 31.3 Å². The van der Waals surface area contributed by atoms with Crippen molar-refractivity contribution in [2.75, 3.05) is 13.6 Å². The van der Waals surface area contributed by atoms with Crippen molar-refractivity contribution in [3.8, 4) is 0 Å². The van der Waals surface area contributed by atoms with Crippen LogP contribution in [0, 0.1) is 0 Å². The lowest BCUT2D eigenvalue weighted by molar-refractivity contribution is -0.121. The predicted octanol–water partition coefficient (Wildman–Crippen LogP) is 2.45. The lowest BCUT2D eigenvalue weighted by atomic mass is 10.1. The summed E-state index contributed by atoms with van der Waals surface area (Å²) in [5.74, 6) is -0.155. The Bertz CT molecular complexity index is 435. The van der Waals surface area contributed by atoms with Gasteiger partial charge >= 0.3 is 0 Å². The number of ketones is 1. The van der Waals surface area contributed by atoms with E-state index in [2.05, 4.69) is 10.6 Å². The molecule has 0 fully saturated rings. The maximum absolute atomic E-state index is 11.8. The van der Waals surface area contributed by atoms with Crippen molar-refractivity contribution < 1.29 is 9.59 Å². The maximum Gasteiger partial charge on any atom is 0.220 e. The van der Waals surface area contributed by atoms with Crippen LogP contribution in [0.2, 0.25) is 5.02 Å². The van der Waals surface area contributed by atoms with Gasteiger partial charge in [-0.25, -0.2) is 0 Å². The Morgan fingerprint density at radius 1 is 1.20 bits per heavy atom. The highest BCUT2D eigenvalue weighted by atomic mass is 35.5. The number of rotatable bonds is 7. The quantitative estimate of drug-likeness (QED) is 0.759. The predicted molar refractivity (Wildman–Crippen MR) is 83.8 cm³/mol. The molecule has 0 aliphatic rings. The van der Waals surface area contributed by atoms with Gasteiger partial charge in [0.05, 0.1) is 0 Å². The number of carbonyl (C=O) groups excluding carboxylic acids is 2. The van der Waals surface area contributed by atoms with E-state index in [0.29, 0.717) is 17.1 Å². The van der Waals surface area contributed by atoms with Gasteiger partial charge in [0, 0.05) is 36.0 Å². The second-order valence-electron chi connectivity index (χ2n) is 4.42. The van der Waals surface area contributed by atoms with Crippen LogP contribution in [0.3, 0.4) is 0 Å². The maximum atomic E-state index is 11.8. The first-order chi connectivity index (χ1) is 9.02. The van der Waals surface area contributed by atoms with Crippen molar-refractivity contribution in [1.82, 2.24) is 10.6 Å². The lowest BCUT2D eigenvalue weighted by Gasteiger charge is -2.11. The highest BCUT2D eigenvalue weighted by molar-refractivity contribution is 6.30. The first kappa shape index (κ1) is 18.9. The molecule has 112 valence electrons. The molecule has 0 saturated carbocycles. The minimum atomic E-state index is -0.107. The summed E-state index contributed by atoms with van der Waals surface area (Å²) in [6.07, 6.45) is 0.416. The number of carbonyl (C=O) groups is 2. The average Bonchev–Trinajstić information content (AvgIpc) is 2.42. The van der Waals surface area contributed by atoms with Crippen LogP contribution in [0.5, 0.6) is 0 Å². The van der Waals surface area contributed by atoms with Crippen LogP contribution in [0.1, 0.15) is 30.1 Å². The van der Waals surface area contributed by atoms with Gasteiger partial charge in [0.2, 0.25) is 5.91 Å². The molecule has 1 unspecified atom stereocenters. The fraction of sp³-hybridized carbons (Fsp3) is 0.429. The van der Waals surface area contributed by atoms with Gasteiger partial charge in [0.1, 0.15) is 0 Å². The second-order valence-corrected chi connectivity index (χ2v) is 4.86. The van der Waals surface area contributed by atoms with E-state index in [9.17, 15) is 9.59 Å². The van der Waals surface area contributed by atoms with Gasteiger partial charge in [-0.3, -0.25) is 9.59 Å². The van der Waals surface area contributed by atoms with Crippen molar-refractivity contribution in [3.05, 3.63) is 34.9 Å². The molecular weight excluding hydrogens is 299 g/mol. The zero-order valence-electron chi connectivity index (χ0n) is 11.6. The highest BCUT2D eigenvalue weighted by Crippen LogP contribution is 2.11. The molecule has 0 heterocycles. The molecule has 1 atom stereocenters. The highest BCUT2D eigenvalue weighted by Gasteiger charge is 2.09. The van der Waals surface area contributed by atoms with Crippen LogP contribution in [0.15, 0.2) is 24.3 Å². The van der Waals surface area contributed by atoms with E-state index in [4.69, 9.17) is 11.6 Å². The molecule has 1 rings (SSSR count). The molecule has 4 nitrogen and oxygen atoms in total. The third-order valence-electron chi connectivity index (χ3n) is 2.84. The SMILES string of the molecule is CNC(C)CNC(=O)CCC(=O)c1ccc(Cl)cc1.Cl. The normalized spacial score (nSPS) is 11.3. The standard InChI is InChI=1S/C14H19ClN2O2.ClH/c1-10(16-2)9-17-14(19)8-7-13(18)11-3-5-12(15)6-4-11;/h3-6,10,16H,7-9H2,1-2H3,(H,17,19);1H. The smallest absolute Gasteiger partial charge is 0.220 e. The number of nitrogens with one attached hydrogen (secondary N) is 2. The Morgan fingerprint density at radius 2 is 1.80 bits per heavy atom. The summed E-state index contributed by atoms with van der Waals surface area (Å²) < 4.78 is 0. The summed E-state index contributed by atoms with van der Waals surface area (Å²) in [6, 6.07) is 6.90. The summed E-state index contributed by atoms with van der Waals surface area (Å²) in [5, 5.41) is 6.39. The van der Waals surface area contributed by atoms with E-state index in [1.165, 1.54) is 0 Å². The van der Waals surface area contributed by atoms with Gasteiger partial charge in [-0.15, -0.1) is 12.4 Å². The first-order valence-electron chi connectivity index (χ1n) is 6.25. The number of hydrogen-bond donors (Lipinski definition) is 2. The Kier molecular flexibility index (Phi) is 9.21. The van der Waals surface area contributed by atoms with Crippen molar-refractivity contribution >= 4 is 35.7 Å². The van der Waals surface area contributed by atoms with Crippen LogP contribution in [-0.2, 0) is 4.79 Å². The molecule has 0 aliphatic heterocycles. The van der Waals surface area contributed by atoms with Crippen LogP contribution in [0.4, 0.5) is 0 Å². The van der Waals surface area contributed by atoms with Crippen molar-refractivity contribution in [1.29, 1.82) is 0 Å². The molecule has 6 heteroatoms. The number of likely N-dealkylation sites (N-methyl/N-ethyl adjacent to an activating group) is 1.